The summed E-state index contributed by atoms with van der Waals surface area (Å²) in [6.07, 6.45) is 13.4. The van der Waals surface area contributed by atoms with Crippen molar-refractivity contribution in [3.05, 3.63) is 177 Å². The van der Waals surface area contributed by atoms with E-state index < -0.39 is 179 Å². The van der Waals surface area contributed by atoms with E-state index in [4.69, 9.17) is 0 Å². The number of halogens is 12. The van der Waals surface area contributed by atoms with Crippen LogP contribution in [0.1, 0.15) is 132 Å². The van der Waals surface area contributed by atoms with Gasteiger partial charge >= 0.3 is 5.97 Å². The van der Waals surface area contributed by atoms with E-state index >= 15 is 8.78 Å². The summed E-state index contributed by atoms with van der Waals surface area (Å²) in [5.74, 6) is -31.3. The fraction of sp³-hybridized carbons (Fsp3) is 0.356. The smallest absolute Gasteiger partial charge is 0.335 e. The number of anilines is 2. The zero-order valence-corrected chi connectivity index (χ0v) is 48.8. The maximum absolute atomic E-state index is 15.5. The molecule has 4 heterocycles. The van der Waals surface area contributed by atoms with Crippen molar-refractivity contribution in [2.24, 2.45) is 0 Å². The van der Waals surface area contributed by atoms with Crippen molar-refractivity contribution in [2.75, 3.05) is 30.0 Å². The van der Waals surface area contributed by atoms with Gasteiger partial charge in [0.05, 0.1) is 48.5 Å². The van der Waals surface area contributed by atoms with Gasteiger partial charge in [-0.15, -0.1) is 0 Å². The summed E-state index contributed by atoms with van der Waals surface area (Å²) in [5.41, 5.74) is 3.07. The number of amides is 3. The number of hydroxylamine groups is 1. The summed E-state index contributed by atoms with van der Waals surface area (Å²) in [5, 5.41) is 9.22. The molecule has 2 aliphatic carbocycles. The molecular formula is C59H53F12N7O10S2. The van der Waals surface area contributed by atoms with E-state index in [1.165, 1.54) is 13.2 Å². The third-order valence-corrected chi connectivity index (χ3v) is 20.0. The van der Waals surface area contributed by atoms with Crippen molar-refractivity contribution in [3.63, 3.8) is 0 Å². The number of aromatic carboxylic acids is 1. The Morgan fingerprint density at radius 3 is 1.18 bits per heavy atom. The van der Waals surface area contributed by atoms with Crippen LogP contribution >= 0.6 is 0 Å². The van der Waals surface area contributed by atoms with Crippen LogP contribution in [0, 0.1) is 69.8 Å². The minimum Gasteiger partial charge on any atom is -0.478 e. The Morgan fingerprint density at radius 2 is 0.867 bits per heavy atom. The summed E-state index contributed by atoms with van der Waals surface area (Å²) >= 11 is 0. The lowest BCUT2D eigenvalue weighted by molar-refractivity contribution is -0.125. The molecule has 0 bridgehead atoms. The van der Waals surface area contributed by atoms with Gasteiger partial charge in [0.25, 0.3) is 5.91 Å². The highest BCUT2D eigenvalue weighted by atomic mass is 32.2. The van der Waals surface area contributed by atoms with Crippen molar-refractivity contribution in [1.82, 2.24) is 24.1 Å². The van der Waals surface area contributed by atoms with Gasteiger partial charge in [0.15, 0.2) is 56.3 Å². The number of nitrogens with one attached hydrogen (secondary N) is 1. The van der Waals surface area contributed by atoms with Gasteiger partial charge in [0, 0.05) is 31.0 Å². The Bertz CT molecular complexity index is 3960. The predicted molar refractivity (Wildman–Crippen MR) is 294 cm³/mol. The van der Waals surface area contributed by atoms with Gasteiger partial charge in [0.1, 0.15) is 23.7 Å². The maximum atomic E-state index is 15.5. The number of carboxylic acid groups (broad SMARTS) is 1. The molecule has 6 aromatic rings. The first-order chi connectivity index (χ1) is 42.7. The van der Waals surface area contributed by atoms with E-state index in [9.17, 15) is 85.0 Å². The van der Waals surface area contributed by atoms with Crippen molar-refractivity contribution in [3.8, 4) is 0 Å². The first kappa shape index (κ1) is 66.4. The second kappa shape index (κ2) is 27.2. The molecule has 2 aliphatic heterocycles. The number of aromatic nitrogens is 2. The Labute approximate surface area is 506 Å². The molecule has 2 atom stereocenters. The first-order valence-electron chi connectivity index (χ1n) is 27.9. The van der Waals surface area contributed by atoms with Crippen molar-refractivity contribution in [2.45, 2.75) is 124 Å². The number of nitrogens with zero attached hydrogens (tertiary/aromatic N) is 6. The number of sulfonamides is 2. The third kappa shape index (κ3) is 13.1. The largest absolute Gasteiger partial charge is 0.478 e. The molecule has 10 rings (SSSR count). The molecule has 2 N–H and O–H groups in total. The Kier molecular flexibility index (Phi) is 20.1. The topological polar surface area (TPSA) is 217 Å². The monoisotopic (exact) mass is 1310 g/mol. The Balaban J connectivity index is 0.000000214. The molecule has 3 amide bonds. The highest BCUT2D eigenvalue weighted by Gasteiger charge is 2.50. The van der Waals surface area contributed by atoms with Gasteiger partial charge < -0.3 is 14.9 Å². The standard InChI is InChI=1S/C30H28F6N4O5S.C29H25F6N3O5S/c1-45-38-29(41)17-8-10-21(20(31)13-17)39(15-19-9-7-18(14-37-19)16-5-3-2-4-6-16)30(42)22-11-12-40(22)46(43,44)28-26(35)24(33)23(32)25(34)27(28)36;30-19-12-16(29(40)41)7-9-20(19)37(14-18-8-6-17(13-36-18)15-4-2-1-3-5-15)28(39)21-10-11-38(21)44(42,43)27-25(34)23(32)22(31)24(33)26(27)35/h7-10,13-14,16,22H,2-6,11-12,15H2,1H3,(H,38,41);6-9,12-13,15,21H,1-5,10-11,14H2,(H,40,41)/t22-;21-/m11/s1. The highest BCUT2D eigenvalue weighted by molar-refractivity contribution is 7.89. The minimum absolute atomic E-state index is 0.176. The number of carboxylic acids is 1. The Morgan fingerprint density at radius 1 is 0.511 bits per heavy atom. The van der Waals surface area contributed by atoms with E-state index in [2.05, 4.69) is 14.8 Å². The van der Waals surface area contributed by atoms with Crippen LogP contribution in [0.15, 0.2) is 82.8 Å². The molecule has 2 aromatic heterocycles. The number of carbonyl (C=O) groups is 4. The zero-order chi connectivity index (χ0) is 65.3. The second-order valence-electron chi connectivity index (χ2n) is 21.6. The van der Waals surface area contributed by atoms with Crippen LogP contribution < -0.4 is 15.3 Å². The van der Waals surface area contributed by atoms with E-state index in [1.54, 1.807) is 24.5 Å². The average Bonchev–Trinajstić information content (AvgIpc) is 0.749. The normalized spacial score (nSPS) is 17.6. The van der Waals surface area contributed by atoms with Gasteiger partial charge in [-0.25, -0.2) is 79.8 Å². The van der Waals surface area contributed by atoms with Crippen LogP contribution in [0.5, 0.6) is 0 Å². The molecule has 4 aliphatic rings. The van der Waals surface area contributed by atoms with Crippen molar-refractivity contribution < 1.29 is 98.6 Å². The molecule has 90 heavy (non-hydrogen) atoms. The summed E-state index contributed by atoms with van der Waals surface area (Å²) in [4.78, 5) is 61.9. The highest BCUT2D eigenvalue weighted by Crippen LogP contribution is 2.39. The minimum atomic E-state index is -5.45. The van der Waals surface area contributed by atoms with Gasteiger partial charge in [-0.05, 0) is 110 Å². The third-order valence-electron chi connectivity index (χ3n) is 16.2. The number of carbonyl (C=O) groups excluding carboxylic acids is 3. The summed E-state index contributed by atoms with van der Waals surface area (Å²) in [6.45, 7) is -1.82. The molecule has 4 aromatic carbocycles. The molecule has 2 saturated carbocycles. The predicted octanol–water partition coefficient (Wildman–Crippen LogP) is 10.9. The maximum Gasteiger partial charge on any atom is 0.335 e. The van der Waals surface area contributed by atoms with Crippen molar-refractivity contribution >= 4 is 55.1 Å². The van der Waals surface area contributed by atoms with Crippen LogP contribution in [-0.2, 0) is 47.6 Å². The molecule has 0 unspecified atom stereocenters. The van der Waals surface area contributed by atoms with Gasteiger partial charge in [0.2, 0.25) is 43.5 Å². The molecule has 4 fully saturated rings. The van der Waals surface area contributed by atoms with Gasteiger partial charge in [-0.1, -0.05) is 50.7 Å². The molecule has 480 valence electrons. The lowest BCUT2D eigenvalue weighted by Gasteiger charge is -2.41. The van der Waals surface area contributed by atoms with E-state index in [1.807, 2.05) is 17.6 Å². The summed E-state index contributed by atoms with van der Waals surface area (Å²) < 4.78 is 225. The first-order valence-corrected chi connectivity index (χ1v) is 30.8. The number of pyridine rings is 2. The summed E-state index contributed by atoms with van der Waals surface area (Å²) in [6, 6.07) is 9.23. The van der Waals surface area contributed by atoms with E-state index in [0.29, 0.717) is 22.2 Å². The van der Waals surface area contributed by atoms with Gasteiger partial charge in [-0.2, -0.15) is 8.61 Å². The lowest BCUT2D eigenvalue weighted by atomic mass is 9.85. The molecule has 2 saturated heterocycles. The van der Waals surface area contributed by atoms with E-state index in [-0.39, 0.29) is 34.1 Å². The van der Waals surface area contributed by atoms with Crippen LogP contribution in [0.4, 0.5) is 64.1 Å². The average molecular weight is 1310 g/mol. The summed E-state index contributed by atoms with van der Waals surface area (Å²) in [7, 11) is -9.73. The van der Waals surface area contributed by atoms with E-state index in [0.717, 1.165) is 109 Å². The number of benzene rings is 4. The molecule has 17 nitrogen and oxygen atoms in total. The second-order valence-corrected chi connectivity index (χ2v) is 25.3. The number of hydrogen-bond donors (Lipinski definition) is 2. The lowest BCUT2D eigenvalue weighted by Crippen LogP contribution is -2.59. The van der Waals surface area contributed by atoms with Crippen LogP contribution in [0.25, 0.3) is 0 Å². The Hall–Kier alpha value is -8.00. The SMILES string of the molecule is CONC(=O)c1ccc(N(Cc2ccc(C3CCCCC3)cn2)C(=O)[C@H]2CCN2S(=O)(=O)c2c(F)c(F)c(F)c(F)c2F)c(F)c1.O=C(O)c1ccc(N(Cc2ccc(C3CCCCC3)cn2)C(=O)[C@H]2CCN2S(=O)(=O)c2c(F)c(F)c(F)c(F)c2F)c(F)c1. The van der Waals surface area contributed by atoms with Crippen LogP contribution in [0.3, 0.4) is 0 Å². The fourth-order valence-electron chi connectivity index (χ4n) is 11.2. The number of hydrogen-bond acceptors (Lipinski definition) is 11. The van der Waals surface area contributed by atoms with Crippen LogP contribution in [-0.4, -0.2) is 96.5 Å². The number of rotatable bonds is 17. The quantitative estimate of drug-likeness (QED) is 0.0377. The zero-order valence-electron chi connectivity index (χ0n) is 47.2. The van der Waals surface area contributed by atoms with Gasteiger partial charge in [-0.3, -0.25) is 29.2 Å². The van der Waals surface area contributed by atoms with Crippen molar-refractivity contribution in [1.29, 1.82) is 0 Å². The van der Waals surface area contributed by atoms with Crippen LogP contribution in [0.2, 0.25) is 0 Å². The molecule has 0 radical (unpaired) electrons. The molecule has 0 spiro atoms. The molecule has 31 heteroatoms. The molecular weight excluding hydrogens is 1260 g/mol. The fourth-order valence-corrected chi connectivity index (χ4v) is 14.7.